The molecule has 236 valence electrons. The van der Waals surface area contributed by atoms with E-state index in [9.17, 15) is 14.4 Å². The predicted molar refractivity (Wildman–Crippen MR) is 163 cm³/mol. The highest BCUT2D eigenvalue weighted by Gasteiger charge is 2.36. The molecule has 2 aliphatic rings. The van der Waals surface area contributed by atoms with Gasteiger partial charge in [-0.1, -0.05) is 89.1 Å². The summed E-state index contributed by atoms with van der Waals surface area (Å²) in [6.45, 7) is 5.35. The minimum atomic E-state index is -0.618. The molecule has 1 unspecified atom stereocenters. The molecule has 0 aromatic heterocycles. The number of ether oxygens (including phenoxy) is 1. The van der Waals surface area contributed by atoms with E-state index in [-0.39, 0.29) is 36.6 Å². The van der Waals surface area contributed by atoms with E-state index >= 15 is 0 Å². The molecule has 0 bridgehead atoms. The van der Waals surface area contributed by atoms with E-state index in [4.69, 9.17) is 15.3 Å². The average Bonchev–Trinajstić information content (AvgIpc) is 3.01. The molecule has 2 fully saturated rings. The fourth-order valence-electron chi connectivity index (χ4n) is 6.14. The number of hydrogen-bond acceptors (Lipinski definition) is 6. The molecule has 9 nitrogen and oxygen atoms in total. The van der Waals surface area contributed by atoms with Crippen LogP contribution in [-0.2, 0) is 30.5 Å². The van der Waals surface area contributed by atoms with Crippen molar-refractivity contribution >= 4 is 17.7 Å². The Balaban J connectivity index is 1.76. The zero-order valence-corrected chi connectivity index (χ0v) is 25.9. The first kappa shape index (κ1) is 34.0. The zero-order chi connectivity index (χ0) is 30.2. The second-order valence-electron chi connectivity index (χ2n) is 12.5. The molecule has 1 aromatic carbocycles. The second-order valence-corrected chi connectivity index (χ2v) is 12.5. The Bertz CT molecular complexity index is 932. The Morgan fingerprint density at radius 1 is 0.976 bits per heavy atom. The normalized spacial score (nSPS) is 19.2. The maximum Gasteiger partial charge on any atom is 0.247 e. The summed E-state index contributed by atoms with van der Waals surface area (Å²) in [5.74, 6) is -1.15. The van der Waals surface area contributed by atoms with Crippen molar-refractivity contribution in [2.24, 2.45) is 29.4 Å². The molecule has 1 saturated heterocycles. The summed E-state index contributed by atoms with van der Waals surface area (Å²) in [5.41, 5.74) is 12.1. The molecule has 4 N–H and O–H groups in total. The number of hydrazine groups is 1. The number of carbonyl (C=O) groups excluding carboxylic acids is 3. The first-order valence-electron chi connectivity index (χ1n) is 16.3. The van der Waals surface area contributed by atoms with Crippen molar-refractivity contribution in [2.45, 2.75) is 117 Å². The number of nitrogens with zero attached hydrogens (tertiary/aromatic N) is 1. The van der Waals surface area contributed by atoms with E-state index in [1.54, 1.807) is 0 Å². The lowest BCUT2D eigenvalue weighted by Crippen LogP contribution is -2.51. The molecule has 0 spiro atoms. The van der Waals surface area contributed by atoms with Gasteiger partial charge in [-0.15, -0.1) is 0 Å². The molecule has 3 amide bonds. The van der Waals surface area contributed by atoms with Gasteiger partial charge in [-0.2, -0.15) is 0 Å². The van der Waals surface area contributed by atoms with Crippen molar-refractivity contribution in [3.63, 3.8) is 0 Å². The van der Waals surface area contributed by atoms with E-state index in [2.05, 4.69) is 24.8 Å². The molecule has 1 aromatic rings. The van der Waals surface area contributed by atoms with Crippen molar-refractivity contribution in [3.8, 4) is 0 Å². The van der Waals surface area contributed by atoms with Crippen molar-refractivity contribution in [2.75, 3.05) is 13.2 Å². The van der Waals surface area contributed by atoms with Crippen LogP contribution in [0.25, 0.3) is 0 Å². The second kappa shape index (κ2) is 18.9. The first-order valence-corrected chi connectivity index (χ1v) is 16.3. The number of hydrogen-bond donors (Lipinski definition) is 3. The zero-order valence-electron chi connectivity index (χ0n) is 25.9. The van der Waals surface area contributed by atoms with Gasteiger partial charge in [0.2, 0.25) is 17.7 Å². The number of hydroxylamine groups is 1. The number of nitrogens with one attached hydrogen (secondary N) is 2. The van der Waals surface area contributed by atoms with Crippen molar-refractivity contribution in [3.05, 3.63) is 35.9 Å². The summed E-state index contributed by atoms with van der Waals surface area (Å²) in [4.78, 5) is 46.5. The van der Waals surface area contributed by atoms with Crippen molar-refractivity contribution in [1.82, 2.24) is 15.9 Å². The van der Waals surface area contributed by atoms with Crippen LogP contribution in [0, 0.1) is 23.7 Å². The molecule has 3 rings (SSSR count). The van der Waals surface area contributed by atoms with Gasteiger partial charge in [0.25, 0.3) is 0 Å². The lowest BCUT2D eigenvalue weighted by Gasteiger charge is -2.31. The van der Waals surface area contributed by atoms with Gasteiger partial charge < -0.3 is 10.5 Å². The molecule has 3 atom stereocenters. The summed E-state index contributed by atoms with van der Waals surface area (Å²) in [6, 6.07) is 9.58. The van der Waals surface area contributed by atoms with E-state index < -0.39 is 18.1 Å². The standard InChI is InChI=1S/C33H54N4O5/c1-25(2)23-29(32(39)35-37(30(38)19-12-21-34)24-27-15-7-4-8-16-27)28(18-11-17-26-13-5-3-6-14-26)33(40)36-42-31-20-9-10-22-41-31/h4,7-8,15-16,25-26,28-29,31H,3,5-6,9-14,17-24,34H2,1-2H3,(H,35,39)(H,36,40)/t28-,29+,31?/m0/s1. The Morgan fingerprint density at radius 2 is 1.71 bits per heavy atom. The van der Waals surface area contributed by atoms with Gasteiger partial charge in [-0.05, 0) is 56.0 Å². The lowest BCUT2D eigenvalue weighted by atomic mass is 9.79. The van der Waals surface area contributed by atoms with Gasteiger partial charge in [0.1, 0.15) is 0 Å². The molecule has 1 aliphatic carbocycles. The average molecular weight is 587 g/mol. The van der Waals surface area contributed by atoms with Crippen LogP contribution in [0.4, 0.5) is 0 Å². The van der Waals surface area contributed by atoms with Gasteiger partial charge in [-0.3, -0.25) is 19.8 Å². The molecule has 9 heteroatoms. The number of benzene rings is 1. The van der Waals surface area contributed by atoms with Gasteiger partial charge in [0.15, 0.2) is 6.29 Å². The number of rotatable bonds is 16. The molecule has 1 aliphatic heterocycles. The van der Waals surface area contributed by atoms with Crippen LogP contribution in [0.5, 0.6) is 0 Å². The smallest absolute Gasteiger partial charge is 0.247 e. The third kappa shape index (κ3) is 12.0. The summed E-state index contributed by atoms with van der Waals surface area (Å²) < 4.78 is 5.64. The van der Waals surface area contributed by atoms with Gasteiger partial charge in [-0.25, -0.2) is 15.3 Å². The fourth-order valence-corrected chi connectivity index (χ4v) is 6.14. The molecule has 1 heterocycles. The first-order chi connectivity index (χ1) is 20.4. The minimum Gasteiger partial charge on any atom is -0.350 e. The third-order valence-electron chi connectivity index (χ3n) is 8.49. The lowest BCUT2D eigenvalue weighted by molar-refractivity contribution is -0.203. The van der Waals surface area contributed by atoms with E-state index in [0.717, 1.165) is 37.7 Å². The SMILES string of the molecule is CC(C)C[C@@H](C(=O)NN(Cc1ccccc1)C(=O)CCCN)[C@H](CCCC1CCCCC1)C(=O)NOC1CCCCO1. The van der Waals surface area contributed by atoms with Crippen molar-refractivity contribution in [1.29, 1.82) is 0 Å². The molecule has 42 heavy (non-hydrogen) atoms. The highest BCUT2D eigenvalue weighted by molar-refractivity contribution is 5.88. The summed E-state index contributed by atoms with van der Waals surface area (Å²) >= 11 is 0. The third-order valence-corrected chi connectivity index (χ3v) is 8.49. The van der Waals surface area contributed by atoms with Gasteiger partial charge in [0, 0.05) is 19.4 Å². The minimum absolute atomic E-state index is 0.174. The number of nitrogens with two attached hydrogens (primary N) is 1. The Labute approximate surface area is 252 Å². The van der Waals surface area contributed by atoms with E-state index in [1.165, 1.54) is 37.1 Å². The highest BCUT2D eigenvalue weighted by Crippen LogP contribution is 2.31. The summed E-state index contributed by atoms with van der Waals surface area (Å²) in [5, 5.41) is 1.39. The quantitative estimate of drug-likeness (QED) is 0.223. The largest absolute Gasteiger partial charge is 0.350 e. The summed E-state index contributed by atoms with van der Waals surface area (Å²) in [7, 11) is 0. The molecule has 0 radical (unpaired) electrons. The predicted octanol–water partition coefficient (Wildman–Crippen LogP) is 5.39. The Morgan fingerprint density at radius 3 is 2.38 bits per heavy atom. The molecule has 1 saturated carbocycles. The Hall–Kier alpha value is -2.49. The van der Waals surface area contributed by atoms with Crippen LogP contribution >= 0.6 is 0 Å². The highest BCUT2D eigenvalue weighted by atomic mass is 16.8. The van der Waals surface area contributed by atoms with Crippen LogP contribution in [0.15, 0.2) is 30.3 Å². The Kier molecular flexibility index (Phi) is 15.3. The van der Waals surface area contributed by atoms with E-state index in [0.29, 0.717) is 38.3 Å². The van der Waals surface area contributed by atoms with Crippen LogP contribution < -0.4 is 16.6 Å². The topological polar surface area (TPSA) is 123 Å². The monoisotopic (exact) mass is 586 g/mol. The summed E-state index contributed by atoms with van der Waals surface area (Å²) in [6.07, 6.45) is 12.4. The maximum atomic E-state index is 14.0. The van der Waals surface area contributed by atoms with Gasteiger partial charge in [0.05, 0.1) is 18.4 Å². The van der Waals surface area contributed by atoms with Crippen LogP contribution in [-0.4, -0.2) is 42.2 Å². The van der Waals surface area contributed by atoms with Gasteiger partial charge >= 0.3 is 0 Å². The van der Waals surface area contributed by atoms with E-state index in [1.807, 2.05) is 30.3 Å². The molecular formula is C33H54N4O5. The maximum absolute atomic E-state index is 14.0. The van der Waals surface area contributed by atoms with Crippen molar-refractivity contribution < 1.29 is 24.0 Å². The fraction of sp³-hybridized carbons (Fsp3) is 0.727. The molecular weight excluding hydrogens is 532 g/mol. The number of amides is 3. The van der Waals surface area contributed by atoms with Crippen LogP contribution in [0.3, 0.4) is 0 Å². The number of carbonyl (C=O) groups is 3. The van der Waals surface area contributed by atoms with Crippen LogP contribution in [0.2, 0.25) is 0 Å². The van der Waals surface area contributed by atoms with Crippen LogP contribution in [0.1, 0.15) is 109 Å².